The Morgan fingerprint density at radius 3 is 2.61 bits per heavy atom. The van der Waals surface area contributed by atoms with Gasteiger partial charge < -0.3 is 14.9 Å². The molecule has 18 heavy (non-hydrogen) atoms. The second kappa shape index (κ2) is 7.85. The van der Waals surface area contributed by atoms with E-state index in [4.69, 9.17) is 9.84 Å². The van der Waals surface area contributed by atoms with Gasteiger partial charge in [-0.15, -0.1) is 5.73 Å². The molecule has 3 heteroatoms. The molecule has 1 aromatic carbocycles. The van der Waals surface area contributed by atoms with Crippen molar-refractivity contribution in [1.29, 1.82) is 0 Å². The van der Waals surface area contributed by atoms with Gasteiger partial charge >= 0.3 is 0 Å². The van der Waals surface area contributed by atoms with Crippen LogP contribution >= 0.6 is 0 Å². The first-order valence-corrected chi connectivity index (χ1v) is 5.99. The van der Waals surface area contributed by atoms with E-state index < -0.39 is 12.2 Å². The fourth-order valence-corrected chi connectivity index (χ4v) is 1.30. The predicted octanol–water partition coefficient (Wildman–Crippen LogP) is 2.05. The number of benzene rings is 1. The summed E-state index contributed by atoms with van der Waals surface area (Å²) in [6.45, 7) is 4.41. The number of aliphatic hydroxyl groups excluding tert-OH is 2. The Balaban J connectivity index is 2.37. The highest BCUT2D eigenvalue weighted by Crippen LogP contribution is 2.02. The van der Waals surface area contributed by atoms with Crippen molar-refractivity contribution in [3.05, 3.63) is 53.3 Å². The normalized spacial score (nSPS) is 13.6. The molecule has 0 saturated carbocycles. The van der Waals surface area contributed by atoms with Crippen molar-refractivity contribution >= 4 is 0 Å². The first kappa shape index (κ1) is 14.7. The van der Waals surface area contributed by atoms with E-state index in [1.807, 2.05) is 37.3 Å². The summed E-state index contributed by atoms with van der Waals surface area (Å²) in [5.74, 6) is 0. The van der Waals surface area contributed by atoms with Gasteiger partial charge in [-0.25, -0.2) is 0 Å². The van der Waals surface area contributed by atoms with Gasteiger partial charge in [-0.1, -0.05) is 30.3 Å². The molecular weight excluding hydrogens is 228 g/mol. The van der Waals surface area contributed by atoms with E-state index in [1.165, 1.54) is 13.0 Å². The van der Waals surface area contributed by atoms with Gasteiger partial charge in [0.2, 0.25) is 0 Å². The van der Waals surface area contributed by atoms with Gasteiger partial charge in [-0.2, -0.15) is 0 Å². The molecule has 0 aliphatic carbocycles. The monoisotopic (exact) mass is 248 g/mol. The van der Waals surface area contributed by atoms with E-state index in [-0.39, 0.29) is 0 Å². The maximum atomic E-state index is 9.36. The van der Waals surface area contributed by atoms with Gasteiger partial charge in [0.15, 0.2) is 0 Å². The van der Waals surface area contributed by atoms with Gasteiger partial charge in [0.1, 0.15) is 6.10 Å². The Hall–Kier alpha value is -1.38. The summed E-state index contributed by atoms with van der Waals surface area (Å²) < 4.78 is 5.51. The van der Waals surface area contributed by atoms with Crippen molar-refractivity contribution < 1.29 is 14.9 Å². The SMILES string of the molecule is CC(=C=C[C@@H](O)[C@H](C)O)COCc1ccccc1. The highest BCUT2D eigenvalue weighted by atomic mass is 16.5. The van der Waals surface area contributed by atoms with E-state index >= 15 is 0 Å². The van der Waals surface area contributed by atoms with Gasteiger partial charge in [0, 0.05) is 0 Å². The van der Waals surface area contributed by atoms with Crippen LogP contribution in [0.15, 0.2) is 47.7 Å². The summed E-state index contributed by atoms with van der Waals surface area (Å²) in [6.07, 6.45) is -0.212. The van der Waals surface area contributed by atoms with Crippen LogP contribution < -0.4 is 0 Å². The molecule has 2 N–H and O–H groups in total. The molecule has 0 heterocycles. The summed E-state index contributed by atoms with van der Waals surface area (Å²) in [6, 6.07) is 9.92. The van der Waals surface area contributed by atoms with E-state index in [0.717, 1.165) is 11.1 Å². The minimum Gasteiger partial charge on any atom is -0.390 e. The Kier molecular flexibility index (Phi) is 6.40. The lowest BCUT2D eigenvalue weighted by Crippen LogP contribution is -2.19. The van der Waals surface area contributed by atoms with Gasteiger partial charge in [-0.05, 0) is 31.1 Å². The second-order valence-corrected chi connectivity index (χ2v) is 4.30. The molecule has 0 aliphatic rings. The van der Waals surface area contributed by atoms with E-state index in [9.17, 15) is 5.11 Å². The predicted molar refractivity (Wildman–Crippen MR) is 71.1 cm³/mol. The number of hydrogen-bond donors (Lipinski definition) is 2. The van der Waals surface area contributed by atoms with E-state index in [1.54, 1.807) is 0 Å². The fourth-order valence-electron chi connectivity index (χ4n) is 1.30. The smallest absolute Gasteiger partial charge is 0.105 e. The van der Waals surface area contributed by atoms with Crippen LogP contribution in [0.25, 0.3) is 0 Å². The van der Waals surface area contributed by atoms with Crippen LogP contribution in [0.3, 0.4) is 0 Å². The number of rotatable bonds is 6. The summed E-state index contributed by atoms with van der Waals surface area (Å²) >= 11 is 0. The van der Waals surface area contributed by atoms with Crippen LogP contribution in [0.4, 0.5) is 0 Å². The lowest BCUT2D eigenvalue weighted by atomic mass is 10.2. The first-order valence-electron chi connectivity index (χ1n) is 5.99. The highest BCUT2D eigenvalue weighted by molar-refractivity contribution is 5.13. The minimum atomic E-state index is -0.880. The van der Waals surface area contributed by atoms with Crippen LogP contribution in [-0.2, 0) is 11.3 Å². The van der Waals surface area contributed by atoms with E-state index in [2.05, 4.69) is 5.73 Å². The zero-order chi connectivity index (χ0) is 13.4. The molecule has 1 aromatic rings. The molecule has 0 unspecified atom stereocenters. The molecule has 1 rings (SSSR count). The third-order valence-electron chi connectivity index (χ3n) is 2.42. The zero-order valence-corrected chi connectivity index (χ0v) is 10.8. The summed E-state index contributed by atoms with van der Waals surface area (Å²) in [7, 11) is 0. The quantitative estimate of drug-likeness (QED) is 0.757. The summed E-state index contributed by atoms with van der Waals surface area (Å²) in [4.78, 5) is 0. The Labute approximate surface area is 108 Å². The van der Waals surface area contributed by atoms with Crippen LogP contribution in [0.2, 0.25) is 0 Å². The third-order valence-corrected chi connectivity index (χ3v) is 2.42. The molecule has 0 aliphatic heterocycles. The minimum absolute atomic E-state index is 0.456. The molecule has 0 aromatic heterocycles. The number of hydrogen-bond acceptors (Lipinski definition) is 3. The molecule has 0 saturated heterocycles. The molecule has 98 valence electrons. The van der Waals surface area contributed by atoms with Crippen molar-refractivity contribution in [2.75, 3.05) is 6.61 Å². The topological polar surface area (TPSA) is 49.7 Å². The maximum absolute atomic E-state index is 9.36. The standard InChI is InChI=1S/C15H20O3/c1-12(8-9-15(17)13(2)16)10-18-11-14-6-4-3-5-7-14/h3-7,9,13,15-17H,10-11H2,1-2H3/t8?,13-,15+/m0/s1. The fraction of sp³-hybridized carbons (Fsp3) is 0.400. The van der Waals surface area contributed by atoms with Gasteiger partial charge in [0.05, 0.1) is 19.3 Å². The lowest BCUT2D eigenvalue weighted by molar-refractivity contribution is 0.0619. The molecule has 0 radical (unpaired) electrons. The molecular formula is C15H20O3. The van der Waals surface area contributed by atoms with Crippen molar-refractivity contribution in [1.82, 2.24) is 0 Å². The largest absolute Gasteiger partial charge is 0.390 e. The zero-order valence-electron chi connectivity index (χ0n) is 10.8. The Morgan fingerprint density at radius 1 is 1.33 bits per heavy atom. The molecule has 0 fully saturated rings. The van der Waals surface area contributed by atoms with Crippen LogP contribution in [0, 0.1) is 0 Å². The van der Waals surface area contributed by atoms with Crippen LogP contribution in [-0.4, -0.2) is 29.0 Å². The summed E-state index contributed by atoms with van der Waals surface area (Å²) in [5.41, 5.74) is 4.91. The average Bonchev–Trinajstić information content (AvgIpc) is 2.37. The van der Waals surface area contributed by atoms with Crippen LogP contribution in [0.5, 0.6) is 0 Å². The maximum Gasteiger partial charge on any atom is 0.105 e. The molecule has 0 spiro atoms. The second-order valence-electron chi connectivity index (χ2n) is 4.30. The first-order chi connectivity index (χ1) is 8.59. The lowest BCUT2D eigenvalue weighted by Gasteiger charge is -2.06. The third kappa shape index (κ3) is 5.80. The highest BCUT2D eigenvalue weighted by Gasteiger charge is 2.04. The van der Waals surface area contributed by atoms with Gasteiger partial charge in [-0.3, -0.25) is 0 Å². The molecule has 0 amide bonds. The van der Waals surface area contributed by atoms with E-state index in [0.29, 0.717) is 13.2 Å². The van der Waals surface area contributed by atoms with Crippen molar-refractivity contribution in [2.24, 2.45) is 0 Å². The Bertz CT molecular complexity index is 403. The average molecular weight is 248 g/mol. The van der Waals surface area contributed by atoms with Crippen molar-refractivity contribution in [2.45, 2.75) is 32.7 Å². The number of aliphatic hydroxyl groups is 2. The summed E-state index contributed by atoms with van der Waals surface area (Å²) in [5, 5.41) is 18.5. The molecule has 3 nitrogen and oxygen atoms in total. The molecule has 2 atom stereocenters. The number of ether oxygens (including phenoxy) is 1. The van der Waals surface area contributed by atoms with Crippen LogP contribution in [0.1, 0.15) is 19.4 Å². The Morgan fingerprint density at radius 2 is 2.00 bits per heavy atom. The van der Waals surface area contributed by atoms with Gasteiger partial charge in [0.25, 0.3) is 0 Å². The molecule has 0 bridgehead atoms. The van der Waals surface area contributed by atoms with Crippen molar-refractivity contribution in [3.8, 4) is 0 Å². The van der Waals surface area contributed by atoms with Crippen molar-refractivity contribution in [3.63, 3.8) is 0 Å².